The second-order valence-corrected chi connectivity index (χ2v) is 7.13. The first kappa shape index (κ1) is 12.8. The summed E-state index contributed by atoms with van der Waals surface area (Å²) in [6.45, 7) is 7.04. The molecule has 0 amide bonds. The van der Waals surface area contributed by atoms with E-state index in [1.54, 1.807) is 0 Å². The van der Waals surface area contributed by atoms with E-state index in [9.17, 15) is 0 Å². The molecule has 1 rings (SSSR count). The van der Waals surface area contributed by atoms with Crippen LogP contribution in [0, 0.1) is 11.3 Å². The van der Waals surface area contributed by atoms with Crippen molar-refractivity contribution < 1.29 is 0 Å². The third-order valence-corrected chi connectivity index (χ3v) is 5.73. The molecule has 0 bridgehead atoms. The van der Waals surface area contributed by atoms with Gasteiger partial charge in [-0.1, -0.05) is 33.6 Å². The van der Waals surface area contributed by atoms with Gasteiger partial charge < -0.3 is 0 Å². The van der Waals surface area contributed by atoms with E-state index in [1.807, 2.05) is 0 Å². The minimum atomic E-state index is 0.411. The zero-order valence-corrected chi connectivity index (χ0v) is 11.5. The quantitative estimate of drug-likeness (QED) is 0.707. The molecule has 0 aromatic carbocycles. The lowest BCUT2D eigenvalue weighted by Crippen LogP contribution is -2.21. The molecular formula is C12H24S2. The Hall–Kier alpha value is 0.700. The van der Waals surface area contributed by atoms with Gasteiger partial charge in [0.2, 0.25) is 0 Å². The van der Waals surface area contributed by atoms with Crippen LogP contribution in [0.3, 0.4) is 0 Å². The van der Waals surface area contributed by atoms with Gasteiger partial charge in [-0.25, -0.2) is 0 Å². The Labute approximate surface area is 99.0 Å². The van der Waals surface area contributed by atoms with Crippen molar-refractivity contribution in [3.8, 4) is 0 Å². The molecule has 0 heterocycles. The molecular weight excluding hydrogens is 208 g/mol. The molecule has 0 aromatic rings. The topological polar surface area (TPSA) is 0 Å². The maximum absolute atomic E-state index is 4.40. The van der Waals surface area contributed by atoms with E-state index in [0.717, 1.165) is 16.9 Å². The summed E-state index contributed by atoms with van der Waals surface area (Å²) in [6.07, 6.45) is 5.78. The van der Waals surface area contributed by atoms with Gasteiger partial charge in [0.25, 0.3) is 0 Å². The molecule has 84 valence electrons. The Kier molecular flexibility index (Phi) is 5.19. The smallest absolute Gasteiger partial charge is 0.00498 e. The Morgan fingerprint density at radius 3 is 2.64 bits per heavy atom. The molecule has 2 atom stereocenters. The molecule has 1 aliphatic rings. The summed E-state index contributed by atoms with van der Waals surface area (Å²) in [5.41, 5.74) is 0.411. The number of hydrogen-bond acceptors (Lipinski definition) is 2. The van der Waals surface area contributed by atoms with Gasteiger partial charge in [0.1, 0.15) is 0 Å². The van der Waals surface area contributed by atoms with Crippen LogP contribution >= 0.6 is 24.4 Å². The van der Waals surface area contributed by atoms with Crippen LogP contribution in [0.5, 0.6) is 0 Å². The third kappa shape index (κ3) is 4.48. The monoisotopic (exact) mass is 232 g/mol. The second kappa shape index (κ2) is 5.69. The van der Waals surface area contributed by atoms with E-state index < -0.39 is 0 Å². The molecule has 0 nitrogen and oxygen atoms in total. The van der Waals surface area contributed by atoms with Crippen molar-refractivity contribution in [3.05, 3.63) is 0 Å². The zero-order chi connectivity index (χ0) is 10.6. The summed E-state index contributed by atoms with van der Waals surface area (Å²) in [5, 5.41) is 0.929. The highest BCUT2D eigenvalue weighted by Crippen LogP contribution is 2.35. The maximum atomic E-state index is 4.40. The van der Waals surface area contributed by atoms with E-state index >= 15 is 0 Å². The minimum absolute atomic E-state index is 0.411. The largest absolute Gasteiger partial charge is 0.179 e. The molecule has 1 aliphatic carbocycles. The normalized spacial score (nSPS) is 29.1. The summed E-state index contributed by atoms with van der Waals surface area (Å²) in [4.78, 5) is 0. The molecule has 0 aliphatic heterocycles. The van der Waals surface area contributed by atoms with Crippen LogP contribution in [0.4, 0.5) is 0 Å². The third-order valence-electron chi connectivity index (χ3n) is 3.03. The zero-order valence-electron chi connectivity index (χ0n) is 9.75. The fourth-order valence-electron chi connectivity index (χ4n) is 1.92. The van der Waals surface area contributed by atoms with Gasteiger partial charge in [-0.15, -0.1) is 0 Å². The van der Waals surface area contributed by atoms with Gasteiger partial charge in [-0.05, 0) is 35.7 Å². The van der Waals surface area contributed by atoms with Crippen LogP contribution in [0.15, 0.2) is 0 Å². The van der Waals surface area contributed by atoms with Crippen molar-refractivity contribution in [2.45, 2.75) is 51.7 Å². The summed E-state index contributed by atoms with van der Waals surface area (Å²) in [5.74, 6) is 3.23. The first-order valence-electron chi connectivity index (χ1n) is 5.76. The van der Waals surface area contributed by atoms with Gasteiger partial charge in [-0.3, -0.25) is 0 Å². The first-order valence-corrected chi connectivity index (χ1v) is 7.44. The van der Waals surface area contributed by atoms with Gasteiger partial charge >= 0.3 is 0 Å². The average Bonchev–Trinajstić information content (AvgIpc) is 2.15. The molecule has 2 heteroatoms. The van der Waals surface area contributed by atoms with Crippen molar-refractivity contribution >= 4 is 24.4 Å². The molecule has 1 fully saturated rings. The van der Waals surface area contributed by atoms with Crippen LogP contribution in [0.25, 0.3) is 0 Å². The lowest BCUT2D eigenvalue weighted by Gasteiger charge is -2.29. The van der Waals surface area contributed by atoms with E-state index in [2.05, 4.69) is 45.2 Å². The first-order chi connectivity index (χ1) is 6.53. The molecule has 14 heavy (non-hydrogen) atoms. The molecule has 0 saturated heterocycles. The maximum Gasteiger partial charge on any atom is 0.00498 e. The molecule has 0 aromatic heterocycles. The highest BCUT2D eigenvalue weighted by atomic mass is 32.2. The van der Waals surface area contributed by atoms with Crippen molar-refractivity contribution in [2.24, 2.45) is 11.3 Å². The number of hydrogen-bond donors (Lipinski definition) is 1. The Balaban J connectivity index is 2.23. The number of thioether (sulfide) groups is 1. The highest BCUT2D eigenvalue weighted by molar-refractivity contribution is 7.99. The van der Waals surface area contributed by atoms with Crippen molar-refractivity contribution in [1.82, 2.24) is 0 Å². The standard InChI is InChI=1S/C12H24S2/c1-10-5-4-6-11(7-10)14-9-12(2,3)8-13/h10-11,13H,4-9H2,1-3H3. The highest BCUT2D eigenvalue weighted by Gasteiger charge is 2.22. The summed E-state index contributed by atoms with van der Waals surface area (Å²) in [7, 11) is 0. The lowest BCUT2D eigenvalue weighted by molar-refractivity contribution is 0.392. The van der Waals surface area contributed by atoms with Gasteiger partial charge in [0, 0.05) is 5.25 Å². The Morgan fingerprint density at radius 1 is 1.36 bits per heavy atom. The van der Waals surface area contributed by atoms with Crippen LogP contribution in [-0.4, -0.2) is 16.8 Å². The molecule has 0 spiro atoms. The van der Waals surface area contributed by atoms with E-state index in [-0.39, 0.29) is 0 Å². The second-order valence-electron chi connectivity index (χ2n) is 5.53. The van der Waals surface area contributed by atoms with Gasteiger partial charge in [-0.2, -0.15) is 24.4 Å². The Bertz CT molecular complexity index is 166. The van der Waals surface area contributed by atoms with E-state index in [1.165, 1.54) is 31.4 Å². The molecule has 0 radical (unpaired) electrons. The van der Waals surface area contributed by atoms with Crippen LogP contribution < -0.4 is 0 Å². The lowest BCUT2D eigenvalue weighted by atomic mass is 9.90. The van der Waals surface area contributed by atoms with Crippen LogP contribution in [0.1, 0.15) is 46.5 Å². The van der Waals surface area contributed by atoms with Gasteiger partial charge in [0.15, 0.2) is 0 Å². The van der Waals surface area contributed by atoms with Gasteiger partial charge in [0.05, 0.1) is 0 Å². The van der Waals surface area contributed by atoms with E-state index in [0.29, 0.717) is 5.41 Å². The minimum Gasteiger partial charge on any atom is -0.179 e. The van der Waals surface area contributed by atoms with Crippen LogP contribution in [0.2, 0.25) is 0 Å². The molecule has 1 saturated carbocycles. The van der Waals surface area contributed by atoms with Crippen LogP contribution in [-0.2, 0) is 0 Å². The fourth-order valence-corrected chi connectivity index (χ4v) is 3.77. The predicted molar refractivity (Wildman–Crippen MR) is 71.5 cm³/mol. The predicted octanol–water partition coefficient (Wildman–Crippen LogP) is 4.25. The summed E-state index contributed by atoms with van der Waals surface area (Å²) in [6, 6.07) is 0. The average molecular weight is 232 g/mol. The summed E-state index contributed by atoms with van der Waals surface area (Å²) < 4.78 is 0. The molecule has 2 unspecified atom stereocenters. The number of rotatable bonds is 4. The van der Waals surface area contributed by atoms with Crippen molar-refractivity contribution in [3.63, 3.8) is 0 Å². The molecule has 0 N–H and O–H groups in total. The van der Waals surface area contributed by atoms with Crippen molar-refractivity contribution in [1.29, 1.82) is 0 Å². The Morgan fingerprint density at radius 2 is 2.07 bits per heavy atom. The SMILES string of the molecule is CC1CCCC(SCC(C)(C)CS)C1. The van der Waals surface area contributed by atoms with E-state index in [4.69, 9.17) is 0 Å². The van der Waals surface area contributed by atoms with Crippen molar-refractivity contribution in [2.75, 3.05) is 11.5 Å². The number of thiol groups is 1. The summed E-state index contributed by atoms with van der Waals surface area (Å²) >= 11 is 6.59. The fraction of sp³-hybridized carbons (Fsp3) is 1.00.